The molecule has 2 heterocycles. The summed E-state index contributed by atoms with van der Waals surface area (Å²) in [7, 11) is 0. The molecule has 2 aromatic rings. The molecule has 0 spiro atoms. The molecule has 0 saturated carbocycles. The van der Waals surface area contributed by atoms with Gasteiger partial charge in [0.15, 0.2) is 0 Å². The predicted octanol–water partition coefficient (Wildman–Crippen LogP) is 0.263. The summed E-state index contributed by atoms with van der Waals surface area (Å²) in [4.78, 5) is 15.1. The standard InChI is InChI=1S/C7H7BrN6O/c8-6-4(1-11-14-7(6)15)9-2-5-10-3-12-13-5/h1,3H,2H2,(H2,9,14,15)(H,10,12,13). The van der Waals surface area contributed by atoms with Gasteiger partial charge in [-0.05, 0) is 15.9 Å². The lowest BCUT2D eigenvalue weighted by Gasteiger charge is -2.04. The summed E-state index contributed by atoms with van der Waals surface area (Å²) in [6.45, 7) is 0.448. The number of halogens is 1. The molecule has 7 nitrogen and oxygen atoms in total. The van der Waals surface area contributed by atoms with Crippen LogP contribution in [0.3, 0.4) is 0 Å². The lowest BCUT2D eigenvalue weighted by Crippen LogP contribution is -2.12. The number of anilines is 1. The number of rotatable bonds is 3. The average Bonchev–Trinajstić information content (AvgIpc) is 2.73. The van der Waals surface area contributed by atoms with E-state index in [0.29, 0.717) is 22.5 Å². The summed E-state index contributed by atoms with van der Waals surface area (Å²) in [5, 5.41) is 15.4. The van der Waals surface area contributed by atoms with Crippen molar-refractivity contribution in [3.05, 3.63) is 33.2 Å². The fraction of sp³-hybridized carbons (Fsp3) is 0.143. The summed E-state index contributed by atoms with van der Waals surface area (Å²) in [5.74, 6) is 0.683. The van der Waals surface area contributed by atoms with Gasteiger partial charge in [0.25, 0.3) is 5.56 Å². The molecule has 0 aromatic carbocycles. The topological polar surface area (TPSA) is 99.3 Å². The highest BCUT2D eigenvalue weighted by atomic mass is 79.9. The molecule has 3 N–H and O–H groups in total. The Morgan fingerprint density at radius 1 is 1.40 bits per heavy atom. The Morgan fingerprint density at radius 2 is 2.27 bits per heavy atom. The van der Waals surface area contributed by atoms with Crippen LogP contribution in [0.4, 0.5) is 5.69 Å². The molecule has 0 aliphatic carbocycles. The predicted molar refractivity (Wildman–Crippen MR) is 56.3 cm³/mol. The van der Waals surface area contributed by atoms with Crippen molar-refractivity contribution < 1.29 is 0 Å². The van der Waals surface area contributed by atoms with Crippen LogP contribution in [0.15, 0.2) is 21.8 Å². The van der Waals surface area contributed by atoms with Crippen molar-refractivity contribution in [3.8, 4) is 0 Å². The molecule has 0 bridgehead atoms. The first-order valence-corrected chi connectivity index (χ1v) is 4.88. The molecule has 0 unspecified atom stereocenters. The van der Waals surface area contributed by atoms with Gasteiger partial charge in [0.05, 0.1) is 18.4 Å². The lowest BCUT2D eigenvalue weighted by molar-refractivity contribution is 0.935. The maximum Gasteiger partial charge on any atom is 0.280 e. The van der Waals surface area contributed by atoms with Gasteiger partial charge in [0.2, 0.25) is 0 Å². The van der Waals surface area contributed by atoms with Crippen LogP contribution in [-0.4, -0.2) is 25.4 Å². The van der Waals surface area contributed by atoms with Gasteiger partial charge in [0.1, 0.15) is 16.6 Å². The summed E-state index contributed by atoms with van der Waals surface area (Å²) >= 11 is 3.15. The van der Waals surface area contributed by atoms with Crippen molar-refractivity contribution >= 4 is 21.6 Å². The fourth-order valence-electron chi connectivity index (χ4n) is 1.00. The number of nitrogens with one attached hydrogen (secondary N) is 3. The van der Waals surface area contributed by atoms with E-state index in [0.717, 1.165) is 0 Å². The molecule has 8 heteroatoms. The average molecular weight is 271 g/mol. The Bertz CT molecular complexity index is 492. The highest BCUT2D eigenvalue weighted by Gasteiger charge is 2.04. The minimum atomic E-state index is -0.280. The maximum absolute atomic E-state index is 11.2. The van der Waals surface area contributed by atoms with Crippen LogP contribution < -0.4 is 10.9 Å². The molecule has 2 aromatic heterocycles. The molecule has 0 amide bonds. The van der Waals surface area contributed by atoms with E-state index < -0.39 is 0 Å². The fourth-order valence-corrected chi connectivity index (χ4v) is 1.33. The molecule has 0 aliphatic heterocycles. The molecule has 0 fully saturated rings. The van der Waals surface area contributed by atoms with Gasteiger partial charge < -0.3 is 5.32 Å². The minimum Gasteiger partial charge on any atom is -0.375 e. The maximum atomic E-state index is 11.2. The largest absolute Gasteiger partial charge is 0.375 e. The number of nitrogens with zero attached hydrogens (tertiary/aromatic N) is 3. The van der Waals surface area contributed by atoms with Crippen molar-refractivity contribution in [2.45, 2.75) is 6.54 Å². The molecule has 0 aliphatic rings. The number of aromatic nitrogens is 5. The van der Waals surface area contributed by atoms with Crippen molar-refractivity contribution in [3.63, 3.8) is 0 Å². The highest BCUT2D eigenvalue weighted by Crippen LogP contribution is 2.15. The Morgan fingerprint density at radius 3 is 3.00 bits per heavy atom. The quantitative estimate of drug-likeness (QED) is 0.743. The molecule has 78 valence electrons. The Labute approximate surface area is 92.5 Å². The van der Waals surface area contributed by atoms with Crippen molar-refractivity contribution in [1.82, 2.24) is 25.4 Å². The van der Waals surface area contributed by atoms with Crippen LogP contribution in [-0.2, 0) is 6.54 Å². The number of hydrogen-bond donors (Lipinski definition) is 3. The zero-order valence-electron chi connectivity index (χ0n) is 7.49. The van der Waals surface area contributed by atoms with Crippen LogP contribution in [0.2, 0.25) is 0 Å². The monoisotopic (exact) mass is 270 g/mol. The first kappa shape index (κ1) is 9.84. The minimum absolute atomic E-state index is 0.280. The molecule has 2 rings (SSSR count). The van der Waals surface area contributed by atoms with Gasteiger partial charge in [-0.1, -0.05) is 0 Å². The second kappa shape index (κ2) is 4.22. The third kappa shape index (κ3) is 2.21. The van der Waals surface area contributed by atoms with E-state index >= 15 is 0 Å². The van der Waals surface area contributed by atoms with E-state index in [1.165, 1.54) is 12.5 Å². The molecule has 15 heavy (non-hydrogen) atoms. The van der Waals surface area contributed by atoms with Gasteiger partial charge in [-0.3, -0.25) is 9.89 Å². The second-order valence-electron chi connectivity index (χ2n) is 2.71. The van der Waals surface area contributed by atoms with E-state index in [1.54, 1.807) is 0 Å². The summed E-state index contributed by atoms with van der Waals surface area (Å²) in [6, 6.07) is 0. The van der Waals surface area contributed by atoms with E-state index in [-0.39, 0.29) is 5.56 Å². The van der Waals surface area contributed by atoms with E-state index in [1.807, 2.05) is 0 Å². The third-order valence-corrected chi connectivity index (χ3v) is 2.49. The summed E-state index contributed by atoms with van der Waals surface area (Å²) < 4.78 is 0.414. The normalized spacial score (nSPS) is 10.2. The molecular weight excluding hydrogens is 264 g/mol. The molecule has 0 atom stereocenters. The zero-order valence-corrected chi connectivity index (χ0v) is 9.08. The number of hydrogen-bond acceptors (Lipinski definition) is 5. The van der Waals surface area contributed by atoms with Crippen LogP contribution in [0.5, 0.6) is 0 Å². The van der Waals surface area contributed by atoms with E-state index in [2.05, 4.69) is 46.6 Å². The Kier molecular flexibility index (Phi) is 2.77. The summed E-state index contributed by atoms with van der Waals surface area (Å²) in [5.41, 5.74) is 0.327. The van der Waals surface area contributed by atoms with Gasteiger partial charge >= 0.3 is 0 Å². The van der Waals surface area contributed by atoms with Gasteiger partial charge in [0, 0.05) is 0 Å². The van der Waals surface area contributed by atoms with Gasteiger partial charge in [-0.2, -0.15) is 10.2 Å². The second-order valence-corrected chi connectivity index (χ2v) is 3.51. The molecule has 0 saturated heterocycles. The summed E-state index contributed by atoms with van der Waals surface area (Å²) in [6.07, 6.45) is 2.93. The third-order valence-electron chi connectivity index (χ3n) is 1.71. The van der Waals surface area contributed by atoms with Crippen LogP contribution in [0, 0.1) is 0 Å². The van der Waals surface area contributed by atoms with Crippen LogP contribution in [0.1, 0.15) is 5.82 Å². The Hall–Kier alpha value is -1.70. The molecular formula is C7H7BrN6O. The Balaban J connectivity index is 2.12. The van der Waals surface area contributed by atoms with Crippen molar-refractivity contribution in [2.75, 3.05) is 5.32 Å². The number of aromatic amines is 2. The van der Waals surface area contributed by atoms with Crippen LogP contribution in [0.25, 0.3) is 0 Å². The SMILES string of the molecule is O=c1[nH]ncc(NCc2ncn[nH]2)c1Br. The van der Waals surface area contributed by atoms with Crippen LogP contribution >= 0.6 is 15.9 Å². The van der Waals surface area contributed by atoms with Crippen molar-refractivity contribution in [2.24, 2.45) is 0 Å². The van der Waals surface area contributed by atoms with Gasteiger partial charge in [-0.25, -0.2) is 10.1 Å². The van der Waals surface area contributed by atoms with E-state index in [9.17, 15) is 4.79 Å². The highest BCUT2D eigenvalue weighted by molar-refractivity contribution is 9.10. The van der Waals surface area contributed by atoms with E-state index in [4.69, 9.17) is 0 Å². The zero-order chi connectivity index (χ0) is 10.7. The van der Waals surface area contributed by atoms with Gasteiger partial charge in [-0.15, -0.1) is 0 Å². The molecule has 0 radical (unpaired) electrons. The first-order valence-electron chi connectivity index (χ1n) is 4.08. The van der Waals surface area contributed by atoms with Crippen molar-refractivity contribution in [1.29, 1.82) is 0 Å². The number of H-pyrrole nitrogens is 2. The smallest absolute Gasteiger partial charge is 0.280 e. The first-order chi connectivity index (χ1) is 7.27. The lowest BCUT2D eigenvalue weighted by atomic mass is 10.4.